The Bertz CT molecular complexity index is 737. The molecule has 1 amide bonds. The van der Waals surface area contributed by atoms with Gasteiger partial charge in [0.1, 0.15) is 0 Å². The number of carbonyl (C=O) groups is 1. The van der Waals surface area contributed by atoms with Gasteiger partial charge in [-0.05, 0) is 57.4 Å². The summed E-state index contributed by atoms with van der Waals surface area (Å²) in [5, 5.41) is 3.22. The van der Waals surface area contributed by atoms with E-state index >= 15 is 0 Å². The molecule has 2 saturated carbocycles. The van der Waals surface area contributed by atoms with Gasteiger partial charge in [-0.15, -0.1) is 11.3 Å². The zero-order valence-corrected chi connectivity index (χ0v) is 13.8. The SMILES string of the molecule is Cc1cn2c(C=CC(=O)NC(C3CC3)C3CC3)c(C)nc2s1. The van der Waals surface area contributed by atoms with Crippen LogP contribution in [0.2, 0.25) is 0 Å². The summed E-state index contributed by atoms with van der Waals surface area (Å²) in [6.45, 7) is 4.06. The highest BCUT2D eigenvalue weighted by Crippen LogP contribution is 2.44. The zero-order valence-electron chi connectivity index (χ0n) is 13.0. The molecule has 22 heavy (non-hydrogen) atoms. The van der Waals surface area contributed by atoms with E-state index in [4.69, 9.17) is 0 Å². The Balaban J connectivity index is 1.49. The van der Waals surface area contributed by atoms with Crippen molar-refractivity contribution < 1.29 is 4.79 Å². The largest absolute Gasteiger partial charge is 0.349 e. The van der Waals surface area contributed by atoms with Crippen LogP contribution < -0.4 is 5.32 Å². The lowest BCUT2D eigenvalue weighted by Gasteiger charge is -2.16. The number of fused-ring (bicyclic) bond motifs is 1. The third-order valence-electron chi connectivity index (χ3n) is 4.62. The van der Waals surface area contributed by atoms with Crippen LogP contribution in [0.1, 0.15) is 41.9 Å². The van der Waals surface area contributed by atoms with Gasteiger partial charge in [0.05, 0.1) is 11.4 Å². The summed E-state index contributed by atoms with van der Waals surface area (Å²) in [7, 11) is 0. The van der Waals surface area contributed by atoms with Gasteiger partial charge in [-0.2, -0.15) is 0 Å². The fraction of sp³-hybridized carbons (Fsp3) is 0.529. The average molecular weight is 315 g/mol. The number of imidazole rings is 1. The zero-order chi connectivity index (χ0) is 15.3. The normalized spacial score (nSPS) is 18.7. The predicted octanol–water partition coefficient (Wildman–Crippen LogP) is 3.33. The highest BCUT2D eigenvalue weighted by Gasteiger charge is 2.41. The molecule has 0 atom stereocenters. The Morgan fingerprint density at radius 2 is 2.05 bits per heavy atom. The number of hydrogen-bond acceptors (Lipinski definition) is 3. The maximum atomic E-state index is 12.2. The Morgan fingerprint density at radius 3 is 2.68 bits per heavy atom. The first-order chi connectivity index (χ1) is 10.6. The molecule has 0 aromatic carbocycles. The summed E-state index contributed by atoms with van der Waals surface area (Å²) in [4.78, 5) is 19.0. The van der Waals surface area contributed by atoms with Crippen LogP contribution in [0, 0.1) is 25.7 Å². The predicted molar refractivity (Wildman–Crippen MR) is 89.0 cm³/mol. The van der Waals surface area contributed by atoms with E-state index in [1.165, 1.54) is 30.6 Å². The lowest BCUT2D eigenvalue weighted by Crippen LogP contribution is -2.37. The van der Waals surface area contributed by atoms with Crippen molar-refractivity contribution in [3.8, 4) is 0 Å². The third kappa shape index (κ3) is 2.70. The van der Waals surface area contributed by atoms with Crippen LogP contribution in [0.25, 0.3) is 11.0 Å². The van der Waals surface area contributed by atoms with Crippen LogP contribution in [0.3, 0.4) is 0 Å². The monoisotopic (exact) mass is 315 g/mol. The molecule has 0 aliphatic heterocycles. The van der Waals surface area contributed by atoms with E-state index in [0.29, 0.717) is 6.04 Å². The molecular formula is C17H21N3OS. The van der Waals surface area contributed by atoms with Crippen LogP contribution in [0.15, 0.2) is 12.3 Å². The van der Waals surface area contributed by atoms with E-state index in [2.05, 4.69) is 27.8 Å². The number of rotatable bonds is 5. The minimum absolute atomic E-state index is 0.0325. The second-order valence-electron chi connectivity index (χ2n) is 6.62. The first-order valence-electron chi connectivity index (χ1n) is 8.05. The van der Waals surface area contributed by atoms with Crippen molar-refractivity contribution in [3.05, 3.63) is 28.5 Å². The fourth-order valence-electron chi connectivity index (χ4n) is 3.18. The summed E-state index contributed by atoms with van der Waals surface area (Å²) in [6.07, 6.45) is 10.8. The first kappa shape index (κ1) is 14.0. The molecule has 0 bridgehead atoms. The minimum Gasteiger partial charge on any atom is -0.349 e. The lowest BCUT2D eigenvalue weighted by atomic mass is 10.1. The van der Waals surface area contributed by atoms with Crippen molar-refractivity contribution in [3.63, 3.8) is 0 Å². The molecule has 116 valence electrons. The van der Waals surface area contributed by atoms with Gasteiger partial charge < -0.3 is 5.32 Å². The quantitative estimate of drug-likeness (QED) is 0.860. The van der Waals surface area contributed by atoms with E-state index < -0.39 is 0 Å². The van der Waals surface area contributed by atoms with E-state index in [0.717, 1.165) is 28.2 Å². The van der Waals surface area contributed by atoms with Gasteiger partial charge in [0, 0.05) is 23.2 Å². The van der Waals surface area contributed by atoms with Crippen molar-refractivity contribution in [2.24, 2.45) is 11.8 Å². The number of nitrogens with zero attached hydrogens (tertiary/aromatic N) is 2. The topological polar surface area (TPSA) is 46.4 Å². The highest BCUT2D eigenvalue weighted by atomic mass is 32.1. The summed E-state index contributed by atoms with van der Waals surface area (Å²) < 4.78 is 2.07. The molecule has 2 fully saturated rings. The minimum atomic E-state index is 0.0325. The number of carbonyl (C=O) groups excluding carboxylic acids is 1. The number of amides is 1. The Labute approximate surface area is 134 Å². The molecule has 2 aromatic heterocycles. The van der Waals surface area contributed by atoms with E-state index in [-0.39, 0.29) is 5.91 Å². The average Bonchev–Trinajstić information content (AvgIpc) is 3.36. The van der Waals surface area contributed by atoms with Crippen molar-refractivity contribution >= 4 is 28.3 Å². The third-order valence-corrected chi connectivity index (χ3v) is 5.52. The van der Waals surface area contributed by atoms with Gasteiger partial charge in [0.15, 0.2) is 4.96 Å². The number of nitrogens with one attached hydrogen (secondary N) is 1. The van der Waals surface area contributed by atoms with Crippen molar-refractivity contribution in [1.82, 2.24) is 14.7 Å². The van der Waals surface area contributed by atoms with Gasteiger partial charge in [0.2, 0.25) is 5.91 Å². The maximum absolute atomic E-state index is 12.2. The molecule has 2 aliphatic rings. The molecule has 0 spiro atoms. The number of aromatic nitrogens is 2. The Hall–Kier alpha value is -1.62. The molecular weight excluding hydrogens is 294 g/mol. The standard InChI is InChI=1S/C17H21N3OS/c1-10-9-20-14(11(2)18-17(20)22-10)7-8-15(21)19-16(12-3-4-12)13-5-6-13/h7-9,12-13,16H,3-6H2,1-2H3,(H,19,21). The van der Waals surface area contributed by atoms with E-state index in [1.54, 1.807) is 17.4 Å². The first-order valence-corrected chi connectivity index (χ1v) is 8.87. The van der Waals surface area contributed by atoms with Gasteiger partial charge in [-0.25, -0.2) is 4.98 Å². The molecule has 0 radical (unpaired) electrons. The maximum Gasteiger partial charge on any atom is 0.244 e. The van der Waals surface area contributed by atoms with Crippen LogP contribution in [-0.4, -0.2) is 21.3 Å². The number of thiazole rings is 1. The Morgan fingerprint density at radius 1 is 1.36 bits per heavy atom. The molecule has 4 nitrogen and oxygen atoms in total. The summed E-state index contributed by atoms with van der Waals surface area (Å²) in [6, 6.07) is 0.409. The molecule has 4 rings (SSSR count). The fourth-order valence-corrected chi connectivity index (χ4v) is 4.06. The summed E-state index contributed by atoms with van der Waals surface area (Å²) >= 11 is 1.67. The van der Waals surface area contributed by atoms with Crippen LogP contribution in [-0.2, 0) is 4.79 Å². The molecule has 5 heteroatoms. The van der Waals surface area contributed by atoms with Crippen molar-refractivity contribution in [2.45, 2.75) is 45.6 Å². The molecule has 1 N–H and O–H groups in total. The molecule has 2 heterocycles. The smallest absolute Gasteiger partial charge is 0.244 e. The van der Waals surface area contributed by atoms with Gasteiger partial charge in [-0.1, -0.05) is 0 Å². The van der Waals surface area contributed by atoms with Gasteiger partial charge in [-0.3, -0.25) is 9.20 Å². The van der Waals surface area contributed by atoms with Gasteiger partial charge in [0.25, 0.3) is 0 Å². The van der Waals surface area contributed by atoms with Crippen LogP contribution in [0.4, 0.5) is 0 Å². The summed E-state index contributed by atoms with van der Waals surface area (Å²) in [5.74, 6) is 1.49. The molecule has 2 aliphatic carbocycles. The highest BCUT2D eigenvalue weighted by molar-refractivity contribution is 7.17. The second kappa shape index (κ2) is 5.23. The second-order valence-corrected chi connectivity index (χ2v) is 7.83. The lowest BCUT2D eigenvalue weighted by molar-refractivity contribution is -0.117. The summed E-state index contributed by atoms with van der Waals surface area (Å²) in [5.41, 5.74) is 1.97. The molecule has 0 unspecified atom stereocenters. The van der Waals surface area contributed by atoms with E-state index in [9.17, 15) is 4.79 Å². The Kier molecular flexibility index (Phi) is 3.33. The molecule has 2 aromatic rings. The number of aryl methyl sites for hydroxylation is 2. The van der Waals surface area contributed by atoms with Crippen LogP contribution >= 0.6 is 11.3 Å². The molecule has 0 saturated heterocycles. The van der Waals surface area contributed by atoms with Gasteiger partial charge >= 0.3 is 0 Å². The van der Waals surface area contributed by atoms with Crippen molar-refractivity contribution in [2.75, 3.05) is 0 Å². The number of hydrogen-bond donors (Lipinski definition) is 1. The van der Waals surface area contributed by atoms with Crippen LogP contribution in [0.5, 0.6) is 0 Å². The van der Waals surface area contributed by atoms with Crippen molar-refractivity contribution in [1.29, 1.82) is 0 Å². The van der Waals surface area contributed by atoms with E-state index in [1.807, 2.05) is 13.0 Å².